The molecule has 0 N–H and O–H groups in total. The number of para-hydroxylation sites is 2. The van der Waals surface area contributed by atoms with Crippen LogP contribution in [0.25, 0.3) is 5.69 Å². The molecule has 0 bridgehead atoms. The molecule has 0 radical (unpaired) electrons. The highest BCUT2D eigenvalue weighted by Crippen LogP contribution is 2.28. The summed E-state index contributed by atoms with van der Waals surface area (Å²) < 4.78 is 1.22. The number of rotatable bonds is 4. The van der Waals surface area contributed by atoms with Gasteiger partial charge >= 0.3 is 0 Å². The summed E-state index contributed by atoms with van der Waals surface area (Å²) in [5, 5.41) is 15.2. The molecule has 0 unspecified atom stereocenters. The van der Waals surface area contributed by atoms with Gasteiger partial charge in [-0.2, -0.15) is 5.10 Å². The van der Waals surface area contributed by atoms with Crippen molar-refractivity contribution < 1.29 is 9.72 Å². The molecule has 7 heteroatoms. The van der Waals surface area contributed by atoms with Crippen LogP contribution in [-0.4, -0.2) is 21.0 Å². The molecule has 2 rings (SSSR count). The number of aryl methyl sites for hydroxylation is 1. The Balaban J connectivity index is 2.69. The average molecular weight is 280 g/mol. The number of carbonyl (C=O) groups is 1. The van der Waals surface area contributed by atoms with E-state index >= 15 is 0 Å². The molecule has 0 aliphatic heterocycles. The lowest BCUT2D eigenvalue weighted by molar-refractivity contribution is -0.384. The number of carbonyl (C=O) groups excluding carboxylic acids is 1. The Morgan fingerprint density at radius 3 is 2.68 bits per heavy atom. The number of nitro benzene ring substituents is 1. The lowest BCUT2D eigenvalue weighted by Crippen LogP contribution is -2.02. The highest BCUT2D eigenvalue weighted by atomic mass is 35.5. The number of hydrogen-bond acceptors (Lipinski definition) is 4. The van der Waals surface area contributed by atoms with Crippen LogP contribution >= 0.6 is 11.6 Å². The first kappa shape index (κ1) is 13.2. The van der Waals surface area contributed by atoms with Gasteiger partial charge in [-0.25, -0.2) is 4.68 Å². The zero-order valence-corrected chi connectivity index (χ0v) is 10.8. The molecule has 0 spiro atoms. The summed E-state index contributed by atoms with van der Waals surface area (Å²) in [6.07, 6.45) is 1.13. The molecule has 0 aliphatic carbocycles. The van der Waals surface area contributed by atoms with Gasteiger partial charge in [0.1, 0.15) is 10.8 Å². The van der Waals surface area contributed by atoms with Crippen molar-refractivity contribution in [1.82, 2.24) is 9.78 Å². The van der Waals surface area contributed by atoms with Crippen LogP contribution in [0.15, 0.2) is 24.3 Å². The van der Waals surface area contributed by atoms with Crippen LogP contribution in [0.3, 0.4) is 0 Å². The second-order valence-electron chi connectivity index (χ2n) is 3.78. The maximum atomic E-state index is 11.0. The summed E-state index contributed by atoms with van der Waals surface area (Å²) in [7, 11) is 0. The normalized spacial score (nSPS) is 10.4. The van der Waals surface area contributed by atoms with E-state index in [0.29, 0.717) is 18.4 Å². The summed E-state index contributed by atoms with van der Waals surface area (Å²) in [6, 6.07) is 6.09. The number of benzene rings is 1. The predicted molar refractivity (Wildman–Crippen MR) is 70.0 cm³/mol. The minimum absolute atomic E-state index is 0.0844. The number of aldehydes is 1. The molecule has 19 heavy (non-hydrogen) atoms. The Morgan fingerprint density at radius 1 is 1.47 bits per heavy atom. The van der Waals surface area contributed by atoms with Gasteiger partial charge in [0.2, 0.25) is 0 Å². The van der Waals surface area contributed by atoms with E-state index < -0.39 is 4.92 Å². The number of nitro groups is 1. The summed E-state index contributed by atoms with van der Waals surface area (Å²) in [6.45, 7) is 1.83. The van der Waals surface area contributed by atoms with Crippen molar-refractivity contribution in [1.29, 1.82) is 0 Å². The third-order valence-corrected chi connectivity index (χ3v) is 3.06. The summed E-state index contributed by atoms with van der Waals surface area (Å²) in [4.78, 5) is 21.5. The van der Waals surface area contributed by atoms with Crippen LogP contribution < -0.4 is 0 Å². The van der Waals surface area contributed by atoms with Gasteiger partial charge in [-0.1, -0.05) is 30.7 Å². The van der Waals surface area contributed by atoms with E-state index in [2.05, 4.69) is 5.10 Å². The van der Waals surface area contributed by atoms with E-state index in [1.807, 2.05) is 6.92 Å². The number of aromatic nitrogens is 2. The van der Waals surface area contributed by atoms with Gasteiger partial charge in [0.25, 0.3) is 5.69 Å². The Morgan fingerprint density at radius 2 is 2.16 bits per heavy atom. The molecule has 0 aliphatic rings. The van der Waals surface area contributed by atoms with E-state index in [9.17, 15) is 14.9 Å². The minimum atomic E-state index is -0.514. The molecular formula is C12H10ClN3O3. The summed E-state index contributed by atoms with van der Waals surface area (Å²) in [5.41, 5.74) is 0.896. The van der Waals surface area contributed by atoms with Crippen molar-refractivity contribution in [3.05, 3.63) is 50.8 Å². The summed E-state index contributed by atoms with van der Waals surface area (Å²) in [5.74, 6) is 0. The maximum Gasteiger partial charge on any atom is 0.294 e. The molecule has 2 aromatic rings. The van der Waals surface area contributed by atoms with Crippen LogP contribution in [0.5, 0.6) is 0 Å². The van der Waals surface area contributed by atoms with E-state index in [0.717, 1.165) is 0 Å². The maximum absolute atomic E-state index is 11.0. The SMILES string of the molecule is CCc1nn(-c2ccccc2[N+](=O)[O-])c(Cl)c1C=O. The third-order valence-electron chi connectivity index (χ3n) is 2.70. The molecular weight excluding hydrogens is 270 g/mol. The Hall–Kier alpha value is -2.21. The lowest BCUT2D eigenvalue weighted by Gasteiger charge is -2.03. The zero-order chi connectivity index (χ0) is 14.0. The van der Waals surface area contributed by atoms with E-state index in [4.69, 9.17) is 11.6 Å². The quantitative estimate of drug-likeness (QED) is 0.490. The van der Waals surface area contributed by atoms with Crippen molar-refractivity contribution in [2.24, 2.45) is 0 Å². The van der Waals surface area contributed by atoms with E-state index in [1.165, 1.54) is 16.8 Å². The van der Waals surface area contributed by atoms with Gasteiger partial charge in [0, 0.05) is 6.07 Å². The van der Waals surface area contributed by atoms with Gasteiger partial charge in [0.05, 0.1) is 16.2 Å². The number of nitrogens with zero attached hydrogens (tertiary/aromatic N) is 3. The first-order chi connectivity index (χ1) is 9.10. The highest BCUT2D eigenvalue weighted by molar-refractivity contribution is 6.32. The van der Waals surface area contributed by atoms with Crippen LogP contribution in [0.4, 0.5) is 5.69 Å². The van der Waals surface area contributed by atoms with Crippen molar-refractivity contribution in [2.45, 2.75) is 13.3 Å². The van der Waals surface area contributed by atoms with Crippen LogP contribution in [-0.2, 0) is 6.42 Å². The second-order valence-corrected chi connectivity index (χ2v) is 4.14. The van der Waals surface area contributed by atoms with E-state index in [-0.39, 0.29) is 22.1 Å². The third kappa shape index (κ3) is 2.22. The van der Waals surface area contributed by atoms with Crippen molar-refractivity contribution in [3.63, 3.8) is 0 Å². The zero-order valence-electron chi connectivity index (χ0n) is 10.0. The first-order valence-electron chi connectivity index (χ1n) is 5.56. The molecule has 0 saturated heterocycles. The molecule has 98 valence electrons. The monoisotopic (exact) mass is 279 g/mol. The average Bonchev–Trinajstić information content (AvgIpc) is 2.74. The van der Waals surface area contributed by atoms with Crippen LogP contribution in [0, 0.1) is 10.1 Å². The number of hydrogen-bond donors (Lipinski definition) is 0. The first-order valence-corrected chi connectivity index (χ1v) is 5.94. The Kier molecular flexibility index (Phi) is 3.62. The van der Waals surface area contributed by atoms with E-state index in [1.54, 1.807) is 12.1 Å². The van der Waals surface area contributed by atoms with Gasteiger partial charge in [0.15, 0.2) is 6.29 Å². The Labute approximate surface area is 113 Å². The molecule has 1 aromatic heterocycles. The fourth-order valence-electron chi connectivity index (χ4n) is 1.79. The topological polar surface area (TPSA) is 78.0 Å². The second kappa shape index (κ2) is 5.19. The fraction of sp³-hybridized carbons (Fsp3) is 0.167. The van der Waals surface area contributed by atoms with Gasteiger partial charge in [-0.15, -0.1) is 0 Å². The molecule has 1 heterocycles. The van der Waals surface area contributed by atoms with Gasteiger partial charge in [-0.3, -0.25) is 14.9 Å². The molecule has 0 saturated carbocycles. The van der Waals surface area contributed by atoms with Crippen molar-refractivity contribution >= 4 is 23.6 Å². The molecule has 0 fully saturated rings. The predicted octanol–water partition coefficient (Wildman–Crippen LogP) is 2.81. The fourth-order valence-corrected chi connectivity index (χ4v) is 2.07. The molecule has 1 aromatic carbocycles. The van der Waals surface area contributed by atoms with Gasteiger partial charge < -0.3 is 0 Å². The lowest BCUT2D eigenvalue weighted by atomic mass is 10.2. The largest absolute Gasteiger partial charge is 0.298 e. The minimum Gasteiger partial charge on any atom is -0.298 e. The molecule has 0 amide bonds. The smallest absolute Gasteiger partial charge is 0.294 e. The highest BCUT2D eigenvalue weighted by Gasteiger charge is 2.21. The van der Waals surface area contributed by atoms with Gasteiger partial charge in [-0.05, 0) is 12.5 Å². The van der Waals surface area contributed by atoms with Crippen LogP contribution in [0.2, 0.25) is 5.15 Å². The number of halogens is 1. The molecule has 0 atom stereocenters. The van der Waals surface area contributed by atoms with Crippen LogP contribution in [0.1, 0.15) is 23.0 Å². The summed E-state index contributed by atoms with van der Waals surface area (Å²) >= 11 is 6.07. The Bertz CT molecular complexity index is 652. The molecule has 6 nitrogen and oxygen atoms in total. The van der Waals surface area contributed by atoms with Crippen molar-refractivity contribution in [3.8, 4) is 5.69 Å². The van der Waals surface area contributed by atoms with Crippen molar-refractivity contribution in [2.75, 3.05) is 0 Å². The standard InChI is InChI=1S/C12H10ClN3O3/c1-2-9-8(7-17)12(13)15(14-9)10-5-3-4-6-11(10)16(18)19/h3-7H,2H2,1H3.